The Morgan fingerprint density at radius 3 is 2.16 bits per heavy atom. The highest BCUT2D eigenvalue weighted by Gasteiger charge is 2.69. The Morgan fingerprint density at radius 2 is 1.58 bits per heavy atom. The van der Waals surface area contributed by atoms with Crippen LogP contribution in [-0.4, -0.2) is 57.4 Å². The van der Waals surface area contributed by atoms with Gasteiger partial charge in [-0.05, 0) is 132 Å². The second-order valence-corrected chi connectivity index (χ2v) is 15.2. The van der Waals surface area contributed by atoms with Gasteiger partial charge in [0.05, 0.1) is 36.1 Å². The maximum absolute atomic E-state index is 12.5. The first-order chi connectivity index (χ1) is 17.5. The lowest BCUT2D eigenvalue weighted by molar-refractivity contribution is -0.220. The van der Waals surface area contributed by atoms with Crippen molar-refractivity contribution in [2.75, 3.05) is 13.2 Å². The first kappa shape index (κ1) is 30.3. The van der Waals surface area contributed by atoms with Crippen LogP contribution < -0.4 is 0 Å². The van der Waals surface area contributed by atoms with Crippen molar-refractivity contribution in [2.24, 2.45) is 39.9 Å². The zero-order valence-electron chi connectivity index (χ0n) is 25.4. The van der Waals surface area contributed by atoms with Gasteiger partial charge in [-0.25, -0.2) is 0 Å². The zero-order valence-corrected chi connectivity index (χ0v) is 25.4. The van der Waals surface area contributed by atoms with E-state index in [0.717, 1.165) is 51.4 Å². The Morgan fingerprint density at radius 1 is 0.921 bits per heavy atom. The molecule has 10 atom stereocenters. The minimum absolute atomic E-state index is 0.0702. The fourth-order valence-electron chi connectivity index (χ4n) is 10.6. The monoisotopic (exact) mass is 536 g/mol. The Balaban J connectivity index is 1.65. The lowest BCUT2D eigenvalue weighted by Gasteiger charge is -2.67. The van der Waals surface area contributed by atoms with Gasteiger partial charge in [0, 0.05) is 6.42 Å². The van der Waals surface area contributed by atoms with Crippen molar-refractivity contribution in [2.45, 2.75) is 143 Å². The van der Waals surface area contributed by atoms with Gasteiger partial charge in [0.15, 0.2) is 0 Å². The van der Waals surface area contributed by atoms with E-state index in [1.54, 1.807) is 6.92 Å². The molecule has 0 aromatic carbocycles. The van der Waals surface area contributed by atoms with Gasteiger partial charge in [-0.3, -0.25) is 4.79 Å². The number of hydrogen-bond donors (Lipinski definition) is 3. The Hall–Kier alpha value is -0.690. The topological polar surface area (TPSA) is 96.2 Å². The van der Waals surface area contributed by atoms with E-state index in [4.69, 9.17) is 9.47 Å². The average Bonchev–Trinajstić information content (AvgIpc) is 3.40. The van der Waals surface area contributed by atoms with Gasteiger partial charge < -0.3 is 24.8 Å². The van der Waals surface area contributed by atoms with Crippen LogP contribution in [0.5, 0.6) is 0 Å². The molecule has 4 fully saturated rings. The minimum Gasteiger partial charge on any atom is -0.466 e. The summed E-state index contributed by atoms with van der Waals surface area (Å²) in [4.78, 5) is 12.5. The molecule has 3 saturated carbocycles. The third-order valence-electron chi connectivity index (χ3n) is 12.8. The molecule has 38 heavy (non-hydrogen) atoms. The molecule has 220 valence electrons. The van der Waals surface area contributed by atoms with Gasteiger partial charge in [-0.1, -0.05) is 20.8 Å². The van der Waals surface area contributed by atoms with E-state index in [1.165, 1.54) is 0 Å². The molecule has 4 aliphatic rings. The fraction of sp³-hybridized carbons (Fsp3) is 0.969. The maximum atomic E-state index is 12.5. The second kappa shape index (κ2) is 9.99. The number of aliphatic hydroxyl groups is 3. The Labute approximate surface area is 231 Å². The average molecular weight is 537 g/mol. The predicted molar refractivity (Wildman–Crippen MR) is 148 cm³/mol. The largest absolute Gasteiger partial charge is 0.466 e. The summed E-state index contributed by atoms with van der Waals surface area (Å²) in [7, 11) is 0. The number of rotatable bonds is 8. The van der Waals surface area contributed by atoms with Gasteiger partial charge in [0.2, 0.25) is 0 Å². The van der Waals surface area contributed by atoms with Crippen molar-refractivity contribution < 1.29 is 29.6 Å². The summed E-state index contributed by atoms with van der Waals surface area (Å²) < 4.78 is 12.0. The molecule has 0 bridgehead atoms. The first-order valence-corrected chi connectivity index (χ1v) is 15.4. The van der Waals surface area contributed by atoms with Crippen molar-refractivity contribution in [3.05, 3.63) is 0 Å². The summed E-state index contributed by atoms with van der Waals surface area (Å²) in [6.45, 7) is 17.1. The third kappa shape index (κ3) is 4.67. The molecular formula is C32H56O6. The van der Waals surface area contributed by atoms with Crippen molar-refractivity contribution in [3.8, 4) is 0 Å². The van der Waals surface area contributed by atoms with Crippen LogP contribution in [0, 0.1) is 39.9 Å². The number of esters is 1. The number of carbonyl (C=O) groups excluding carboxylic acids is 1. The maximum Gasteiger partial charge on any atom is 0.305 e. The van der Waals surface area contributed by atoms with Gasteiger partial charge in [0.1, 0.15) is 0 Å². The standard InChI is InChI=1S/C32H56O6/c1-9-37-26(34)15-16-28(4)23-11-10-21-22(32(8)19-14-25(38-32)27(2,3)35)12-17-29(21,5)30(23,6)18-13-24(28)31(7,36)20-33/h21-25,33,35-36H,9-20H2,1-8H3/t21-,22+,23-,24-,25+,28-,29-,30-,31-,32+/m1/s1. The molecule has 0 amide bonds. The molecule has 4 rings (SSSR count). The molecule has 0 aromatic heterocycles. The quantitative estimate of drug-likeness (QED) is 0.347. The number of hydrogen-bond acceptors (Lipinski definition) is 6. The van der Waals surface area contributed by atoms with E-state index in [1.807, 2.05) is 20.8 Å². The molecule has 3 N–H and O–H groups in total. The number of carbonyl (C=O) groups is 1. The molecule has 6 heteroatoms. The van der Waals surface area contributed by atoms with Crippen LogP contribution in [0.4, 0.5) is 0 Å². The summed E-state index contributed by atoms with van der Waals surface area (Å²) in [5.74, 6) is 1.13. The van der Waals surface area contributed by atoms with Gasteiger partial charge in [0.25, 0.3) is 0 Å². The lowest BCUT2D eigenvalue weighted by Crippen LogP contribution is -2.63. The molecule has 0 radical (unpaired) electrons. The third-order valence-corrected chi connectivity index (χ3v) is 12.8. The minimum atomic E-state index is -1.18. The highest BCUT2D eigenvalue weighted by atomic mass is 16.5. The van der Waals surface area contributed by atoms with Crippen molar-refractivity contribution in [3.63, 3.8) is 0 Å². The van der Waals surface area contributed by atoms with E-state index in [2.05, 4.69) is 27.7 Å². The molecule has 0 aromatic rings. The van der Waals surface area contributed by atoms with Crippen LogP contribution in [0.2, 0.25) is 0 Å². The summed E-state index contributed by atoms with van der Waals surface area (Å²) in [6, 6.07) is 0. The van der Waals surface area contributed by atoms with E-state index >= 15 is 0 Å². The normalized spacial score (nSPS) is 46.8. The van der Waals surface area contributed by atoms with Gasteiger partial charge in [-0.15, -0.1) is 0 Å². The molecule has 1 heterocycles. The highest BCUT2D eigenvalue weighted by Crippen LogP contribution is 2.74. The summed E-state index contributed by atoms with van der Waals surface area (Å²) >= 11 is 0. The molecule has 1 aliphatic heterocycles. The van der Waals surface area contributed by atoms with E-state index in [0.29, 0.717) is 37.2 Å². The zero-order chi connectivity index (χ0) is 28.4. The summed E-state index contributed by atoms with van der Waals surface area (Å²) in [5, 5.41) is 32.2. The number of ether oxygens (including phenoxy) is 2. The van der Waals surface area contributed by atoms with Crippen molar-refractivity contribution in [1.29, 1.82) is 0 Å². The predicted octanol–water partition coefficient (Wildman–Crippen LogP) is 5.65. The van der Waals surface area contributed by atoms with Crippen LogP contribution >= 0.6 is 0 Å². The van der Waals surface area contributed by atoms with Crippen LogP contribution in [0.3, 0.4) is 0 Å². The van der Waals surface area contributed by atoms with Crippen LogP contribution in [0.25, 0.3) is 0 Å². The molecular weight excluding hydrogens is 480 g/mol. The number of fused-ring (bicyclic) bond motifs is 3. The van der Waals surface area contributed by atoms with Crippen LogP contribution in [-0.2, 0) is 14.3 Å². The summed E-state index contributed by atoms with van der Waals surface area (Å²) in [6.07, 6.45) is 9.18. The van der Waals surface area contributed by atoms with Crippen LogP contribution in [0.15, 0.2) is 0 Å². The smallest absolute Gasteiger partial charge is 0.305 e. The lowest BCUT2D eigenvalue weighted by atomic mass is 9.37. The summed E-state index contributed by atoms with van der Waals surface area (Å²) in [5.41, 5.74) is -2.29. The molecule has 1 saturated heterocycles. The fourth-order valence-corrected chi connectivity index (χ4v) is 10.6. The first-order valence-electron chi connectivity index (χ1n) is 15.4. The highest BCUT2D eigenvalue weighted by molar-refractivity contribution is 5.69. The van der Waals surface area contributed by atoms with E-state index in [-0.39, 0.29) is 46.4 Å². The van der Waals surface area contributed by atoms with Gasteiger partial charge >= 0.3 is 5.97 Å². The molecule has 0 spiro atoms. The SMILES string of the molecule is CCOC(=O)CC[C@@]1(C)[C@H]([C@](C)(O)CO)CC[C@]2(C)[C@@H]1CC[C@@H]1[C@@H]([C@]3(C)CC[C@@H](C(C)(C)O)O3)CC[C@]12C. The molecule has 3 aliphatic carbocycles. The number of aliphatic hydroxyl groups excluding tert-OH is 1. The van der Waals surface area contributed by atoms with Crippen molar-refractivity contribution >= 4 is 5.97 Å². The van der Waals surface area contributed by atoms with Crippen LogP contribution in [0.1, 0.15) is 120 Å². The van der Waals surface area contributed by atoms with Gasteiger partial charge in [-0.2, -0.15) is 0 Å². The van der Waals surface area contributed by atoms with Crippen molar-refractivity contribution in [1.82, 2.24) is 0 Å². The second-order valence-electron chi connectivity index (χ2n) is 15.2. The Kier molecular flexibility index (Phi) is 7.96. The van der Waals surface area contributed by atoms with E-state index in [9.17, 15) is 20.1 Å². The molecule has 6 nitrogen and oxygen atoms in total. The molecule has 0 unspecified atom stereocenters. The Bertz CT molecular complexity index is 880. The van der Waals surface area contributed by atoms with E-state index < -0.39 is 11.2 Å².